The minimum atomic E-state index is -0.350. The van der Waals surface area contributed by atoms with Crippen molar-refractivity contribution in [1.29, 1.82) is 0 Å². The normalized spacial score (nSPS) is 12.6. The summed E-state index contributed by atoms with van der Waals surface area (Å²) in [7, 11) is 0. The molecule has 1 aromatic carbocycles. The summed E-state index contributed by atoms with van der Waals surface area (Å²) in [6.07, 6.45) is 0.311. The van der Waals surface area contributed by atoms with E-state index in [0.717, 1.165) is 18.6 Å². The highest BCUT2D eigenvalue weighted by molar-refractivity contribution is 9.10. The summed E-state index contributed by atoms with van der Waals surface area (Å²) in [6, 6.07) is 11.9. The van der Waals surface area contributed by atoms with Gasteiger partial charge in [-0.15, -0.1) is 23.1 Å². The molecule has 1 aromatic heterocycles. The number of rotatable bonds is 5. The molecule has 5 heteroatoms. The average molecular weight is 364 g/mol. The van der Waals surface area contributed by atoms with Gasteiger partial charge in [-0.25, -0.2) is 0 Å². The van der Waals surface area contributed by atoms with Crippen LogP contribution in [-0.4, -0.2) is 17.0 Å². The Morgan fingerprint density at radius 3 is 2.72 bits per heavy atom. The number of thiophene rings is 1. The van der Waals surface area contributed by atoms with Crippen LogP contribution in [0.3, 0.4) is 0 Å². The van der Waals surface area contributed by atoms with E-state index < -0.39 is 0 Å². The first-order valence-electron chi connectivity index (χ1n) is 5.45. The highest BCUT2D eigenvalue weighted by Crippen LogP contribution is 2.28. The molecule has 0 radical (unpaired) electrons. The molecule has 0 amide bonds. The van der Waals surface area contributed by atoms with E-state index in [4.69, 9.17) is 11.6 Å². The van der Waals surface area contributed by atoms with Crippen LogP contribution in [0.4, 0.5) is 0 Å². The zero-order chi connectivity index (χ0) is 13.0. The largest absolute Gasteiger partial charge is 0.392 e. The van der Waals surface area contributed by atoms with E-state index in [1.807, 2.05) is 36.4 Å². The molecule has 2 rings (SSSR count). The average Bonchev–Trinajstić information content (AvgIpc) is 2.74. The number of benzene rings is 1. The van der Waals surface area contributed by atoms with Crippen molar-refractivity contribution in [2.45, 2.75) is 17.4 Å². The second-order valence-electron chi connectivity index (χ2n) is 3.81. The molecule has 0 saturated carbocycles. The Morgan fingerprint density at radius 1 is 1.28 bits per heavy atom. The highest BCUT2D eigenvalue weighted by atomic mass is 79.9. The molecule has 18 heavy (non-hydrogen) atoms. The van der Waals surface area contributed by atoms with Gasteiger partial charge in [-0.2, -0.15) is 0 Å². The molecule has 1 nitrogen and oxygen atoms in total. The van der Waals surface area contributed by atoms with Gasteiger partial charge < -0.3 is 5.11 Å². The molecule has 1 heterocycles. The van der Waals surface area contributed by atoms with E-state index in [0.29, 0.717) is 12.2 Å². The molecule has 0 aliphatic rings. The molecule has 1 atom stereocenters. The molecule has 0 bridgehead atoms. The van der Waals surface area contributed by atoms with E-state index in [1.54, 1.807) is 11.8 Å². The Labute approximate surface area is 128 Å². The monoisotopic (exact) mass is 362 g/mol. The lowest BCUT2D eigenvalue weighted by molar-refractivity contribution is 0.201. The lowest BCUT2D eigenvalue weighted by Crippen LogP contribution is -2.12. The van der Waals surface area contributed by atoms with Crippen molar-refractivity contribution in [3.8, 4) is 0 Å². The fourth-order valence-corrected chi connectivity index (χ4v) is 4.16. The van der Waals surface area contributed by atoms with E-state index in [9.17, 15) is 5.11 Å². The minimum Gasteiger partial charge on any atom is -0.392 e. The lowest BCUT2D eigenvalue weighted by Gasteiger charge is -2.09. The molecular formula is C13H12BrClOS2. The van der Waals surface area contributed by atoms with Crippen LogP contribution in [0.5, 0.6) is 0 Å². The van der Waals surface area contributed by atoms with Crippen molar-refractivity contribution in [1.82, 2.24) is 0 Å². The van der Waals surface area contributed by atoms with Crippen molar-refractivity contribution < 1.29 is 5.11 Å². The molecular weight excluding hydrogens is 352 g/mol. The number of hydrogen-bond donors (Lipinski definition) is 1. The molecule has 0 aliphatic carbocycles. The van der Waals surface area contributed by atoms with E-state index in [1.165, 1.54) is 11.3 Å². The molecule has 1 N–H and O–H groups in total. The Balaban J connectivity index is 1.85. The van der Waals surface area contributed by atoms with Gasteiger partial charge in [-0.1, -0.05) is 23.7 Å². The zero-order valence-electron chi connectivity index (χ0n) is 9.48. The Kier molecular flexibility index (Phi) is 5.57. The van der Waals surface area contributed by atoms with Crippen LogP contribution < -0.4 is 0 Å². The van der Waals surface area contributed by atoms with Crippen molar-refractivity contribution in [2.75, 3.05) is 5.75 Å². The van der Waals surface area contributed by atoms with Gasteiger partial charge in [0.15, 0.2) is 0 Å². The molecule has 2 aromatic rings. The number of hydrogen-bond acceptors (Lipinski definition) is 3. The topological polar surface area (TPSA) is 20.2 Å². The summed E-state index contributed by atoms with van der Waals surface area (Å²) in [5.74, 6) is 0.679. The number of aliphatic hydroxyl groups excluding tert-OH is 1. The van der Waals surface area contributed by atoms with Crippen LogP contribution in [0, 0.1) is 0 Å². The minimum absolute atomic E-state index is 0.350. The van der Waals surface area contributed by atoms with Gasteiger partial charge in [0.1, 0.15) is 0 Å². The number of aliphatic hydroxyl groups is 1. The third-order valence-electron chi connectivity index (χ3n) is 2.33. The number of thioether (sulfide) groups is 1. The smallest absolute Gasteiger partial charge is 0.0931 e. The fraction of sp³-hybridized carbons (Fsp3) is 0.231. The molecule has 0 fully saturated rings. The summed E-state index contributed by atoms with van der Waals surface area (Å²) in [6.45, 7) is 0. The first kappa shape index (κ1) is 14.4. The second kappa shape index (κ2) is 6.96. The summed E-state index contributed by atoms with van der Waals surface area (Å²) < 4.78 is 1.84. The van der Waals surface area contributed by atoms with E-state index >= 15 is 0 Å². The quantitative estimate of drug-likeness (QED) is 0.766. The lowest BCUT2D eigenvalue weighted by atomic mass is 10.2. The van der Waals surface area contributed by atoms with Crippen molar-refractivity contribution in [3.05, 3.63) is 50.1 Å². The zero-order valence-corrected chi connectivity index (χ0v) is 13.5. The molecule has 0 saturated heterocycles. The highest BCUT2D eigenvalue weighted by Gasteiger charge is 2.09. The van der Waals surface area contributed by atoms with Gasteiger partial charge in [0.25, 0.3) is 0 Å². The third-order valence-corrected chi connectivity index (χ3v) is 5.76. The second-order valence-corrected chi connectivity index (χ2v) is 7.52. The third kappa shape index (κ3) is 4.28. The van der Waals surface area contributed by atoms with Gasteiger partial charge in [-0.05, 0) is 40.2 Å². The first-order chi connectivity index (χ1) is 8.65. The van der Waals surface area contributed by atoms with Crippen LogP contribution in [0.25, 0.3) is 0 Å². The number of halogens is 2. The summed E-state index contributed by atoms with van der Waals surface area (Å²) >= 11 is 12.5. The van der Waals surface area contributed by atoms with Crippen LogP contribution in [0.1, 0.15) is 4.88 Å². The van der Waals surface area contributed by atoms with Crippen molar-refractivity contribution >= 4 is 50.6 Å². The van der Waals surface area contributed by atoms with Crippen LogP contribution >= 0.6 is 50.6 Å². The molecule has 1 unspecified atom stereocenters. The van der Waals surface area contributed by atoms with Gasteiger partial charge in [-0.3, -0.25) is 0 Å². The predicted octanol–water partition coefficient (Wildman–Crippen LogP) is 4.86. The molecule has 0 spiro atoms. The van der Waals surface area contributed by atoms with Crippen LogP contribution in [-0.2, 0) is 6.42 Å². The van der Waals surface area contributed by atoms with Gasteiger partial charge in [0.05, 0.1) is 10.4 Å². The van der Waals surface area contributed by atoms with Gasteiger partial charge >= 0.3 is 0 Å². The standard InChI is InChI=1S/C13H12BrClOS2/c14-11-3-1-2-4-12(11)17-8-9(16)7-10-5-6-13(15)18-10/h1-6,9,16H,7-8H2. The maximum absolute atomic E-state index is 9.99. The summed E-state index contributed by atoms with van der Waals surface area (Å²) in [5.41, 5.74) is 0. The maximum Gasteiger partial charge on any atom is 0.0931 e. The molecule has 96 valence electrons. The SMILES string of the molecule is OC(CSc1ccccc1Br)Cc1ccc(Cl)s1. The Hall–Kier alpha value is -0.0000000000000000278. The van der Waals surface area contributed by atoms with Crippen LogP contribution in [0.15, 0.2) is 45.8 Å². The Morgan fingerprint density at radius 2 is 2.06 bits per heavy atom. The van der Waals surface area contributed by atoms with Crippen molar-refractivity contribution in [3.63, 3.8) is 0 Å². The van der Waals surface area contributed by atoms with Crippen LogP contribution in [0.2, 0.25) is 4.34 Å². The van der Waals surface area contributed by atoms with Gasteiger partial charge in [0.2, 0.25) is 0 Å². The van der Waals surface area contributed by atoms with E-state index in [-0.39, 0.29) is 6.10 Å². The molecule has 0 aliphatic heterocycles. The van der Waals surface area contributed by atoms with Gasteiger partial charge in [0, 0.05) is 26.4 Å². The Bertz CT molecular complexity index is 515. The predicted molar refractivity (Wildman–Crippen MR) is 83.9 cm³/mol. The first-order valence-corrected chi connectivity index (χ1v) is 8.42. The van der Waals surface area contributed by atoms with Crippen molar-refractivity contribution in [2.24, 2.45) is 0 Å². The fourth-order valence-electron chi connectivity index (χ4n) is 1.50. The summed E-state index contributed by atoms with van der Waals surface area (Å²) in [5, 5.41) is 9.99. The van der Waals surface area contributed by atoms with E-state index in [2.05, 4.69) is 15.9 Å². The maximum atomic E-state index is 9.99. The summed E-state index contributed by atoms with van der Waals surface area (Å²) in [4.78, 5) is 2.28.